The maximum atomic E-state index is 4.54. The summed E-state index contributed by atoms with van der Waals surface area (Å²) < 4.78 is 2.19. The van der Waals surface area contributed by atoms with Gasteiger partial charge in [-0.1, -0.05) is 49.6 Å². The lowest BCUT2D eigenvalue weighted by Gasteiger charge is -2.39. The van der Waals surface area contributed by atoms with Crippen LogP contribution in [0.5, 0.6) is 0 Å². The van der Waals surface area contributed by atoms with Crippen LogP contribution in [-0.2, 0) is 13.1 Å². The van der Waals surface area contributed by atoms with E-state index in [0.717, 1.165) is 24.4 Å². The Balaban J connectivity index is 0.00000272. The van der Waals surface area contributed by atoms with Crippen molar-refractivity contribution in [3.05, 3.63) is 54.1 Å². The minimum atomic E-state index is 0. The topological polar surface area (TPSA) is 57.5 Å². The Morgan fingerprint density at radius 1 is 1.06 bits per heavy atom. The number of nitrogens with zero attached hydrogens (tertiary/aromatic N) is 4. The number of rotatable bonds is 6. The highest BCUT2D eigenvalue weighted by atomic mass is 127. The van der Waals surface area contributed by atoms with Crippen LogP contribution < -0.4 is 10.6 Å². The highest BCUT2D eigenvalue weighted by Gasteiger charge is 2.26. The molecule has 1 aliphatic carbocycles. The summed E-state index contributed by atoms with van der Waals surface area (Å²) in [7, 11) is 1.85. The molecule has 1 aromatic heterocycles. The van der Waals surface area contributed by atoms with E-state index in [1.807, 2.05) is 19.4 Å². The van der Waals surface area contributed by atoms with E-state index in [9.17, 15) is 0 Å². The van der Waals surface area contributed by atoms with E-state index in [2.05, 4.69) is 60.4 Å². The van der Waals surface area contributed by atoms with Crippen LogP contribution in [0.4, 0.5) is 0 Å². The highest BCUT2D eigenvalue weighted by molar-refractivity contribution is 14.0. The molecular formula is C24H37IN6. The van der Waals surface area contributed by atoms with Crippen LogP contribution in [-0.4, -0.2) is 52.6 Å². The Morgan fingerprint density at radius 3 is 2.52 bits per heavy atom. The second-order valence-electron chi connectivity index (χ2n) is 8.63. The minimum Gasteiger partial charge on any atom is -0.354 e. The Hall–Kier alpha value is -1.61. The maximum Gasteiger partial charge on any atom is 0.191 e. The summed E-state index contributed by atoms with van der Waals surface area (Å²) in [5.41, 5.74) is 1.28. The second kappa shape index (κ2) is 12.4. The molecule has 0 amide bonds. The Labute approximate surface area is 203 Å². The number of imidazole rings is 1. The van der Waals surface area contributed by atoms with Crippen LogP contribution in [0.1, 0.15) is 56.3 Å². The predicted molar refractivity (Wildman–Crippen MR) is 138 cm³/mol. The number of nitrogens with one attached hydrogen (secondary N) is 2. The van der Waals surface area contributed by atoms with Gasteiger partial charge in [-0.2, -0.15) is 0 Å². The normalized spacial score (nSPS) is 19.1. The molecule has 170 valence electrons. The first-order valence-corrected chi connectivity index (χ1v) is 11.6. The van der Waals surface area contributed by atoms with Crippen LogP contribution in [0.2, 0.25) is 0 Å². The van der Waals surface area contributed by atoms with Gasteiger partial charge < -0.3 is 20.1 Å². The van der Waals surface area contributed by atoms with Gasteiger partial charge in [0.1, 0.15) is 5.82 Å². The van der Waals surface area contributed by atoms with Crippen LogP contribution in [0.25, 0.3) is 0 Å². The molecule has 2 fully saturated rings. The number of piperidine rings is 1. The van der Waals surface area contributed by atoms with E-state index in [1.54, 1.807) is 0 Å². The van der Waals surface area contributed by atoms with E-state index in [4.69, 9.17) is 0 Å². The number of aliphatic imine (C=N–C) groups is 1. The molecule has 7 heteroatoms. The molecule has 2 N–H and O–H groups in total. The monoisotopic (exact) mass is 536 g/mol. The van der Waals surface area contributed by atoms with Crippen molar-refractivity contribution in [2.24, 2.45) is 4.99 Å². The highest BCUT2D eigenvalue weighted by Crippen LogP contribution is 2.25. The molecule has 0 spiro atoms. The first-order chi connectivity index (χ1) is 14.8. The third kappa shape index (κ3) is 6.94. The smallest absolute Gasteiger partial charge is 0.191 e. The third-order valence-corrected chi connectivity index (χ3v) is 6.60. The summed E-state index contributed by atoms with van der Waals surface area (Å²) in [4.78, 5) is 11.7. The number of guanidine groups is 1. The molecule has 0 bridgehead atoms. The summed E-state index contributed by atoms with van der Waals surface area (Å²) in [6, 6.07) is 11.8. The quantitative estimate of drug-likeness (QED) is 0.333. The third-order valence-electron chi connectivity index (χ3n) is 6.60. The maximum absolute atomic E-state index is 4.54. The molecule has 1 aliphatic heterocycles. The van der Waals surface area contributed by atoms with Crippen LogP contribution in [0, 0.1) is 0 Å². The minimum absolute atomic E-state index is 0. The predicted octanol–water partition coefficient (Wildman–Crippen LogP) is 4.01. The SMILES string of the molecule is CN=C(NCc1nccn1Cc1ccccc1)NC1CCN(C2CCCCC2)CC1.I. The van der Waals surface area contributed by atoms with Crippen molar-refractivity contribution in [2.75, 3.05) is 20.1 Å². The molecule has 1 saturated carbocycles. The summed E-state index contributed by atoms with van der Waals surface area (Å²) >= 11 is 0. The van der Waals surface area contributed by atoms with Crippen LogP contribution in [0.15, 0.2) is 47.7 Å². The molecule has 0 unspecified atom stereocenters. The fraction of sp³-hybridized carbons (Fsp3) is 0.583. The lowest BCUT2D eigenvalue weighted by molar-refractivity contribution is 0.119. The van der Waals surface area contributed by atoms with Gasteiger partial charge in [-0.25, -0.2) is 4.98 Å². The van der Waals surface area contributed by atoms with Crippen LogP contribution in [0.3, 0.4) is 0 Å². The molecule has 1 aromatic carbocycles. The largest absolute Gasteiger partial charge is 0.354 e. The van der Waals surface area contributed by atoms with Crippen molar-refractivity contribution < 1.29 is 0 Å². The van der Waals surface area contributed by atoms with Gasteiger partial charge in [0, 0.05) is 51.2 Å². The van der Waals surface area contributed by atoms with E-state index in [-0.39, 0.29) is 24.0 Å². The number of likely N-dealkylation sites (tertiary alicyclic amines) is 1. The van der Waals surface area contributed by atoms with Crippen molar-refractivity contribution in [3.8, 4) is 0 Å². The second-order valence-corrected chi connectivity index (χ2v) is 8.63. The molecule has 2 aliphatic rings. The average molecular weight is 537 g/mol. The zero-order chi connectivity index (χ0) is 20.6. The van der Waals surface area contributed by atoms with Gasteiger partial charge in [-0.05, 0) is 31.2 Å². The number of hydrogen-bond acceptors (Lipinski definition) is 3. The first-order valence-electron chi connectivity index (χ1n) is 11.6. The van der Waals surface area contributed by atoms with Gasteiger partial charge in [0.15, 0.2) is 5.96 Å². The van der Waals surface area contributed by atoms with Gasteiger partial charge in [-0.3, -0.25) is 4.99 Å². The fourth-order valence-electron chi connectivity index (χ4n) is 4.84. The van der Waals surface area contributed by atoms with Crippen molar-refractivity contribution in [1.29, 1.82) is 0 Å². The summed E-state index contributed by atoms with van der Waals surface area (Å²) in [5.74, 6) is 1.90. The summed E-state index contributed by atoms with van der Waals surface area (Å²) in [6.45, 7) is 3.92. The first kappa shape index (κ1) is 24.0. The Morgan fingerprint density at radius 2 is 1.81 bits per heavy atom. The van der Waals surface area contributed by atoms with Crippen molar-refractivity contribution in [3.63, 3.8) is 0 Å². The molecule has 0 atom stereocenters. The number of hydrogen-bond donors (Lipinski definition) is 2. The molecular weight excluding hydrogens is 499 g/mol. The molecule has 6 nitrogen and oxygen atoms in total. The zero-order valence-corrected chi connectivity index (χ0v) is 21.0. The lowest BCUT2D eigenvalue weighted by Crippen LogP contribution is -2.50. The van der Waals surface area contributed by atoms with Gasteiger partial charge in [0.25, 0.3) is 0 Å². The van der Waals surface area contributed by atoms with E-state index >= 15 is 0 Å². The van der Waals surface area contributed by atoms with Crippen LogP contribution >= 0.6 is 24.0 Å². The summed E-state index contributed by atoms with van der Waals surface area (Å²) in [5, 5.41) is 7.10. The van der Waals surface area contributed by atoms with Crippen molar-refractivity contribution >= 4 is 29.9 Å². The molecule has 2 heterocycles. The number of aromatic nitrogens is 2. The van der Waals surface area contributed by atoms with Gasteiger partial charge >= 0.3 is 0 Å². The molecule has 31 heavy (non-hydrogen) atoms. The summed E-state index contributed by atoms with van der Waals surface area (Å²) in [6.07, 6.45) is 13.4. The van der Waals surface area contributed by atoms with Gasteiger partial charge in [0.05, 0.1) is 6.54 Å². The van der Waals surface area contributed by atoms with Gasteiger partial charge in [-0.15, -0.1) is 24.0 Å². The molecule has 1 saturated heterocycles. The Kier molecular flexibility index (Phi) is 9.64. The number of benzene rings is 1. The molecule has 4 rings (SSSR count). The molecule has 2 aromatic rings. The van der Waals surface area contributed by atoms with E-state index in [1.165, 1.54) is 63.6 Å². The van der Waals surface area contributed by atoms with Crippen molar-refractivity contribution in [1.82, 2.24) is 25.1 Å². The number of halogens is 1. The fourth-order valence-corrected chi connectivity index (χ4v) is 4.84. The van der Waals surface area contributed by atoms with E-state index in [0.29, 0.717) is 12.6 Å². The standard InChI is InChI=1S/C24H36N6.HI/c1-25-24(28-21-12-15-29(16-13-21)22-10-6-3-7-11-22)27-18-23-26-14-17-30(23)19-20-8-4-2-5-9-20;/h2,4-5,8-9,14,17,21-22H,3,6-7,10-13,15-16,18-19H2,1H3,(H2,25,27,28);1H. The lowest BCUT2D eigenvalue weighted by atomic mass is 9.92. The average Bonchev–Trinajstić information content (AvgIpc) is 3.25. The van der Waals surface area contributed by atoms with E-state index < -0.39 is 0 Å². The van der Waals surface area contributed by atoms with Crippen molar-refractivity contribution in [2.45, 2.75) is 70.1 Å². The zero-order valence-electron chi connectivity index (χ0n) is 18.7. The molecule has 0 radical (unpaired) electrons. The van der Waals surface area contributed by atoms with Gasteiger partial charge in [0.2, 0.25) is 0 Å². The Bertz CT molecular complexity index is 791.